The van der Waals surface area contributed by atoms with E-state index in [0.717, 1.165) is 0 Å². The molecule has 9 nitrogen and oxygen atoms in total. The molecule has 4 bridgehead atoms. The fourth-order valence-electron chi connectivity index (χ4n) is 5.11. The summed E-state index contributed by atoms with van der Waals surface area (Å²) in [6.07, 6.45) is -0.00114. The fraction of sp³-hybridized carbons (Fsp3) is 1.00. The third-order valence-corrected chi connectivity index (χ3v) is 9.64. The highest BCUT2D eigenvalue weighted by molar-refractivity contribution is 7.88. The molecular formula is C10H16O9S3. The fourth-order valence-corrected chi connectivity index (χ4v) is 9.62. The van der Waals surface area contributed by atoms with Crippen molar-refractivity contribution in [2.24, 2.45) is 23.7 Å². The number of hydrogen-bond donors (Lipinski definition) is 3. The van der Waals surface area contributed by atoms with Gasteiger partial charge in [0.05, 0.1) is 15.7 Å². The summed E-state index contributed by atoms with van der Waals surface area (Å²) >= 11 is 0. The molecule has 0 saturated heterocycles. The molecule has 128 valence electrons. The lowest BCUT2D eigenvalue weighted by Crippen LogP contribution is -2.66. The van der Waals surface area contributed by atoms with Crippen LogP contribution in [0.1, 0.15) is 19.3 Å². The van der Waals surface area contributed by atoms with Crippen molar-refractivity contribution in [2.45, 2.75) is 35.0 Å². The highest BCUT2D eigenvalue weighted by atomic mass is 32.2. The lowest BCUT2D eigenvalue weighted by molar-refractivity contribution is 0.0247. The van der Waals surface area contributed by atoms with Crippen LogP contribution in [-0.2, 0) is 30.4 Å². The highest BCUT2D eigenvalue weighted by Crippen LogP contribution is 2.58. The molecule has 4 saturated carbocycles. The predicted octanol–water partition coefficient (Wildman–Crippen LogP) is -0.568. The topological polar surface area (TPSA) is 163 Å². The molecule has 0 aromatic rings. The Kier molecular flexibility index (Phi) is 3.49. The first-order chi connectivity index (χ1) is 9.82. The zero-order chi connectivity index (χ0) is 16.7. The number of hydrogen-bond acceptors (Lipinski definition) is 6. The van der Waals surface area contributed by atoms with Crippen LogP contribution in [0.2, 0.25) is 0 Å². The van der Waals surface area contributed by atoms with Gasteiger partial charge >= 0.3 is 0 Å². The smallest absolute Gasteiger partial charge is 0.268 e. The second kappa shape index (κ2) is 4.63. The number of rotatable bonds is 3. The third-order valence-electron chi connectivity index (χ3n) is 5.40. The van der Waals surface area contributed by atoms with Crippen molar-refractivity contribution in [3.8, 4) is 0 Å². The van der Waals surface area contributed by atoms with Crippen LogP contribution >= 0.6 is 0 Å². The van der Waals surface area contributed by atoms with Crippen molar-refractivity contribution in [3.05, 3.63) is 0 Å². The molecule has 0 aromatic heterocycles. The molecule has 4 aliphatic carbocycles. The van der Waals surface area contributed by atoms with E-state index in [1.54, 1.807) is 0 Å². The molecule has 0 aliphatic heterocycles. The summed E-state index contributed by atoms with van der Waals surface area (Å²) in [7, 11) is -13.8. The van der Waals surface area contributed by atoms with Crippen LogP contribution in [0, 0.1) is 23.7 Å². The largest absolute Gasteiger partial charge is 0.285 e. The summed E-state index contributed by atoms with van der Waals surface area (Å²) in [6.45, 7) is 0. The van der Waals surface area contributed by atoms with Gasteiger partial charge in [-0.15, -0.1) is 0 Å². The first-order valence-electron chi connectivity index (χ1n) is 6.70. The van der Waals surface area contributed by atoms with Crippen LogP contribution in [0.3, 0.4) is 0 Å². The van der Waals surface area contributed by atoms with Gasteiger partial charge in [-0.05, 0) is 42.9 Å². The lowest BCUT2D eigenvalue weighted by atomic mass is 9.55. The van der Waals surface area contributed by atoms with Crippen LogP contribution in [0.5, 0.6) is 0 Å². The van der Waals surface area contributed by atoms with Crippen molar-refractivity contribution in [1.82, 2.24) is 0 Å². The van der Waals surface area contributed by atoms with E-state index in [9.17, 15) is 38.9 Å². The zero-order valence-corrected chi connectivity index (χ0v) is 13.6. The van der Waals surface area contributed by atoms with E-state index < -0.39 is 69.8 Å². The minimum atomic E-state index is -4.73. The minimum Gasteiger partial charge on any atom is -0.285 e. The van der Waals surface area contributed by atoms with Gasteiger partial charge in [0.2, 0.25) is 0 Å². The van der Waals surface area contributed by atoms with E-state index in [1.807, 2.05) is 0 Å². The van der Waals surface area contributed by atoms with Crippen LogP contribution in [-0.4, -0.2) is 54.7 Å². The molecule has 6 unspecified atom stereocenters. The second-order valence-corrected chi connectivity index (χ2v) is 11.2. The summed E-state index contributed by atoms with van der Waals surface area (Å²) in [5.74, 6) is -3.27. The Bertz CT molecular complexity index is 745. The Hall–Kier alpha value is -0.270. The molecule has 0 spiro atoms. The van der Waals surface area contributed by atoms with E-state index in [-0.39, 0.29) is 19.3 Å². The first kappa shape index (κ1) is 16.6. The van der Waals surface area contributed by atoms with E-state index in [1.165, 1.54) is 0 Å². The van der Waals surface area contributed by atoms with Crippen LogP contribution in [0.25, 0.3) is 0 Å². The molecule has 0 amide bonds. The Balaban J connectivity index is 2.14. The summed E-state index contributed by atoms with van der Waals surface area (Å²) in [6, 6.07) is 0. The monoisotopic (exact) mass is 376 g/mol. The summed E-state index contributed by atoms with van der Waals surface area (Å²) in [5.41, 5.74) is 0. The zero-order valence-electron chi connectivity index (χ0n) is 11.2. The van der Waals surface area contributed by atoms with Gasteiger partial charge in [0, 0.05) is 0 Å². The maximum atomic E-state index is 11.7. The van der Waals surface area contributed by atoms with Gasteiger partial charge in [-0.1, -0.05) is 0 Å². The molecule has 0 radical (unpaired) electrons. The van der Waals surface area contributed by atoms with Gasteiger partial charge in [-0.2, -0.15) is 25.3 Å². The Morgan fingerprint density at radius 1 is 0.545 bits per heavy atom. The Labute approximate surface area is 128 Å². The molecule has 6 atom stereocenters. The molecule has 0 aromatic carbocycles. The van der Waals surface area contributed by atoms with Gasteiger partial charge in [-0.3, -0.25) is 13.7 Å². The van der Waals surface area contributed by atoms with Gasteiger partial charge in [-0.25, -0.2) is 0 Å². The third kappa shape index (κ3) is 2.40. The Morgan fingerprint density at radius 3 is 1.14 bits per heavy atom. The van der Waals surface area contributed by atoms with Gasteiger partial charge in [0.25, 0.3) is 30.4 Å². The average Bonchev–Trinajstić information content (AvgIpc) is 2.20. The van der Waals surface area contributed by atoms with Crippen molar-refractivity contribution in [1.29, 1.82) is 0 Å². The molecule has 0 heterocycles. The van der Waals surface area contributed by atoms with Gasteiger partial charge in [0.15, 0.2) is 0 Å². The van der Waals surface area contributed by atoms with E-state index in [0.29, 0.717) is 0 Å². The first-order valence-corrected chi connectivity index (χ1v) is 11.2. The highest BCUT2D eigenvalue weighted by Gasteiger charge is 2.66. The Morgan fingerprint density at radius 2 is 0.864 bits per heavy atom. The van der Waals surface area contributed by atoms with Gasteiger partial charge < -0.3 is 0 Å². The van der Waals surface area contributed by atoms with E-state index in [4.69, 9.17) is 0 Å². The molecule has 4 rings (SSSR count). The second-order valence-electron chi connectivity index (χ2n) is 6.49. The van der Waals surface area contributed by atoms with E-state index >= 15 is 0 Å². The van der Waals surface area contributed by atoms with E-state index in [2.05, 4.69) is 0 Å². The molecule has 22 heavy (non-hydrogen) atoms. The van der Waals surface area contributed by atoms with Gasteiger partial charge in [0.1, 0.15) is 0 Å². The quantitative estimate of drug-likeness (QED) is 0.547. The lowest BCUT2D eigenvalue weighted by Gasteiger charge is -2.58. The molecule has 12 heteroatoms. The molecule has 4 fully saturated rings. The summed E-state index contributed by atoms with van der Waals surface area (Å²) in [4.78, 5) is 0. The van der Waals surface area contributed by atoms with Crippen LogP contribution in [0.4, 0.5) is 0 Å². The summed E-state index contributed by atoms with van der Waals surface area (Å²) < 4.78 is 97.9. The van der Waals surface area contributed by atoms with Crippen LogP contribution < -0.4 is 0 Å². The van der Waals surface area contributed by atoms with Crippen molar-refractivity contribution in [2.75, 3.05) is 0 Å². The van der Waals surface area contributed by atoms with Crippen molar-refractivity contribution < 1.29 is 38.9 Å². The predicted molar refractivity (Wildman–Crippen MR) is 73.8 cm³/mol. The molecule has 3 N–H and O–H groups in total. The van der Waals surface area contributed by atoms with Crippen molar-refractivity contribution >= 4 is 30.4 Å². The standard InChI is InChI=1S/C10H16O9S3/c11-20(12,13)8-4-1-5-3-7(8)10(22(17,18)19)6(2-4)9(5)21(14,15)16/h4-10H,1-3H2,(H,11,12,13)(H,14,15,16)(H,17,18,19). The molecule has 4 aliphatic rings. The maximum Gasteiger partial charge on any atom is 0.268 e. The maximum absolute atomic E-state index is 11.7. The van der Waals surface area contributed by atoms with Crippen LogP contribution in [0.15, 0.2) is 0 Å². The summed E-state index contributed by atoms with van der Waals surface area (Å²) in [5, 5.41) is -4.26. The average molecular weight is 376 g/mol. The molecular weight excluding hydrogens is 360 g/mol. The SMILES string of the molecule is O=S(=O)(O)C1C2CC3CC1C(S(=O)(=O)O)C(C2)C3S(=O)(=O)O. The normalized spacial score (nSPS) is 45.1. The minimum absolute atomic E-state index is 0.0909. The van der Waals surface area contributed by atoms with Crippen molar-refractivity contribution in [3.63, 3.8) is 0 Å².